The van der Waals surface area contributed by atoms with Crippen molar-refractivity contribution in [3.05, 3.63) is 54.1 Å². The maximum Gasteiger partial charge on any atom is 0.327 e. The van der Waals surface area contributed by atoms with Crippen molar-refractivity contribution in [1.82, 2.24) is 10.4 Å². The molecule has 1 fully saturated rings. The van der Waals surface area contributed by atoms with Crippen molar-refractivity contribution in [2.75, 3.05) is 6.54 Å². The zero-order valence-electron chi connectivity index (χ0n) is 12.4. The molecule has 3 atom stereocenters. The fourth-order valence-electron chi connectivity index (χ4n) is 2.70. The monoisotopic (exact) mass is 286 g/mol. The molecule has 2 rings (SSSR count). The van der Waals surface area contributed by atoms with Crippen molar-refractivity contribution in [3.8, 4) is 0 Å². The quantitative estimate of drug-likeness (QED) is 0.817. The fourth-order valence-corrected chi connectivity index (χ4v) is 2.70. The third kappa shape index (κ3) is 4.28. The molecule has 0 spiro atoms. The lowest BCUT2D eigenvalue weighted by Crippen LogP contribution is -2.37. The highest BCUT2D eigenvalue weighted by atomic mass is 16.4. The number of nitrogens with zero attached hydrogens (tertiary/aromatic N) is 1. The van der Waals surface area contributed by atoms with Crippen LogP contribution >= 0.6 is 0 Å². The average Bonchev–Trinajstić information content (AvgIpc) is 2.72. The molecule has 1 saturated heterocycles. The lowest BCUT2D eigenvalue weighted by Gasteiger charge is -2.20. The summed E-state index contributed by atoms with van der Waals surface area (Å²) >= 11 is 0. The van der Waals surface area contributed by atoms with Crippen LogP contribution < -0.4 is 5.43 Å². The number of carboxylic acids is 1. The molecule has 1 aromatic rings. The molecule has 0 radical (unpaired) electrons. The maximum absolute atomic E-state index is 10.6. The number of benzene rings is 1. The topological polar surface area (TPSA) is 52.6 Å². The SMILES string of the molecule is CC1NN(C/C=C/c2ccccc2)C(C)C1/C=C/C(=O)O. The van der Waals surface area contributed by atoms with E-state index in [1.165, 1.54) is 11.6 Å². The second kappa shape index (κ2) is 7.20. The van der Waals surface area contributed by atoms with E-state index in [4.69, 9.17) is 5.11 Å². The standard InChI is InChI=1S/C17H22N2O2/c1-13-16(10-11-17(20)21)14(2)19(18-13)12-6-9-15-7-4-3-5-8-15/h3-11,13-14,16,18H,12H2,1-2H3,(H,20,21)/b9-6+,11-10+. The number of hydrogen-bond acceptors (Lipinski definition) is 3. The van der Waals surface area contributed by atoms with Gasteiger partial charge in [-0.25, -0.2) is 9.80 Å². The highest BCUT2D eigenvalue weighted by Gasteiger charge is 2.33. The molecule has 112 valence electrons. The normalized spacial score (nSPS) is 26.9. The molecule has 0 aromatic heterocycles. The Morgan fingerprint density at radius 2 is 2.05 bits per heavy atom. The average molecular weight is 286 g/mol. The van der Waals surface area contributed by atoms with Gasteiger partial charge in [0.05, 0.1) is 0 Å². The minimum absolute atomic E-state index is 0.200. The largest absolute Gasteiger partial charge is 0.478 e. The van der Waals surface area contributed by atoms with Gasteiger partial charge in [-0.05, 0) is 19.4 Å². The molecule has 21 heavy (non-hydrogen) atoms. The highest BCUT2D eigenvalue weighted by Crippen LogP contribution is 2.23. The maximum atomic E-state index is 10.6. The summed E-state index contributed by atoms with van der Waals surface area (Å²) in [6.07, 6.45) is 7.24. The fraction of sp³-hybridized carbons (Fsp3) is 0.353. The first kappa shape index (κ1) is 15.5. The molecule has 1 heterocycles. The molecule has 0 aliphatic carbocycles. The van der Waals surface area contributed by atoms with Crippen molar-refractivity contribution in [1.29, 1.82) is 0 Å². The van der Waals surface area contributed by atoms with Gasteiger partial charge in [-0.3, -0.25) is 5.43 Å². The van der Waals surface area contributed by atoms with E-state index >= 15 is 0 Å². The number of nitrogens with one attached hydrogen (secondary N) is 1. The van der Waals surface area contributed by atoms with Crippen molar-refractivity contribution in [2.24, 2.45) is 5.92 Å². The minimum Gasteiger partial charge on any atom is -0.478 e. The molecule has 1 aliphatic rings. The zero-order valence-corrected chi connectivity index (χ0v) is 12.4. The molecular formula is C17H22N2O2. The van der Waals surface area contributed by atoms with Crippen LogP contribution in [0.4, 0.5) is 0 Å². The Hall–Kier alpha value is -1.91. The van der Waals surface area contributed by atoms with Gasteiger partial charge in [0, 0.05) is 30.6 Å². The van der Waals surface area contributed by atoms with Crippen LogP contribution in [-0.4, -0.2) is 34.7 Å². The van der Waals surface area contributed by atoms with Crippen LogP contribution in [0.2, 0.25) is 0 Å². The van der Waals surface area contributed by atoms with Gasteiger partial charge in [-0.2, -0.15) is 0 Å². The first-order valence-corrected chi connectivity index (χ1v) is 7.23. The zero-order chi connectivity index (χ0) is 15.2. The van der Waals surface area contributed by atoms with Crippen LogP contribution in [0.15, 0.2) is 48.6 Å². The Balaban J connectivity index is 1.93. The Kier molecular flexibility index (Phi) is 5.31. The van der Waals surface area contributed by atoms with E-state index in [1.807, 2.05) is 18.2 Å². The van der Waals surface area contributed by atoms with Crippen molar-refractivity contribution < 1.29 is 9.90 Å². The smallest absolute Gasteiger partial charge is 0.327 e. The van der Waals surface area contributed by atoms with Crippen LogP contribution in [0.1, 0.15) is 19.4 Å². The number of hydrazine groups is 1. The lowest BCUT2D eigenvalue weighted by molar-refractivity contribution is -0.131. The molecule has 0 saturated carbocycles. The first-order chi connectivity index (χ1) is 10.1. The van der Waals surface area contributed by atoms with Gasteiger partial charge in [-0.1, -0.05) is 48.6 Å². The number of carbonyl (C=O) groups is 1. The third-order valence-corrected chi connectivity index (χ3v) is 3.87. The number of rotatable bonds is 5. The molecule has 4 heteroatoms. The second-order valence-electron chi connectivity index (χ2n) is 5.40. The van der Waals surface area contributed by atoms with E-state index in [2.05, 4.69) is 48.6 Å². The van der Waals surface area contributed by atoms with Gasteiger partial charge in [-0.15, -0.1) is 0 Å². The molecule has 0 amide bonds. The van der Waals surface area contributed by atoms with E-state index in [-0.39, 0.29) is 18.0 Å². The predicted molar refractivity (Wildman–Crippen MR) is 84.5 cm³/mol. The van der Waals surface area contributed by atoms with E-state index in [0.29, 0.717) is 0 Å². The van der Waals surface area contributed by atoms with Crippen LogP contribution in [0.3, 0.4) is 0 Å². The van der Waals surface area contributed by atoms with Crippen molar-refractivity contribution >= 4 is 12.0 Å². The summed E-state index contributed by atoms with van der Waals surface area (Å²) in [5, 5.41) is 10.9. The van der Waals surface area contributed by atoms with Gasteiger partial charge in [0.25, 0.3) is 0 Å². The van der Waals surface area contributed by atoms with Gasteiger partial charge in [0.2, 0.25) is 0 Å². The molecule has 4 nitrogen and oxygen atoms in total. The van der Waals surface area contributed by atoms with E-state index < -0.39 is 5.97 Å². The Morgan fingerprint density at radius 3 is 2.71 bits per heavy atom. The Labute approximate surface area is 125 Å². The second-order valence-corrected chi connectivity index (χ2v) is 5.40. The van der Waals surface area contributed by atoms with E-state index in [0.717, 1.165) is 6.54 Å². The van der Waals surface area contributed by atoms with Gasteiger partial charge >= 0.3 is 5.97 Å². The van der Waals surface area contributed by atoms with Gasteiger partial charge in [0.1, 0.15) is 0 Å². The summed E-state index contributed by atoms with van der Waals surface area (Å²) in [6, 6.07) is 10.7. The summed E-state index contributed by atoms with van der Waals surface area (Å²) in [7, 11) is 0. The first-order valence-electron chi connectivity index (χ1n) is 7.23. The molecule has 1 aromatic carbocycles. The van der Waals surface area contributed by atoms with Crippen molar-refractivity contribution in [3.63, 3.8) is 0 Å². The minimum atomic E-state index is -0.892. The summed E-state index contributed by atoms with van der Waals surface area (Å²) in [5.41, 5.74) is 4.58. The van der Waals surface area contributed by atoms with Crippen molar-refractivity contribution in [2.45, 2.75) is 25.9 Å². The summed E-state index contributed by atoms with van der Waals surface area (Å²) < 4.78 is 0. The molecule has 3 unspecified atom stereocenters. The van der Waals surface area contributed by atoms with Crippen LogP contribution in [-0.2, 0) is 4.79 Å². The van der Waals surface area contributed by atoms with Crippen LogP contribution in [0.25, 0.3) is 6.08 Å². The summed E-state index contributed by atoms with van der Waals surface area (Å²) in [4.78, 5) is 10.6. The Morgan fingerprint density at radius 1 is 1.33 bits per heavy atom. The molecule has 1 aliphatic heterocycles. The summed E-state index contributed by atoms with van der Waals surface area (Å²) in [5.74, 6) is -0.692. The summed E-state index contributed by atoms with van der Waals surface area (Å²) in [6.45, 7) is 4.98. The van der Waals surface area contributed by atoms with Crippen LogP contribution in [0.5, 0.6) is 0 Å². The van der Waals surface area contributed by atoms with Crippen LogP contribution in [0, 0.1) is 5.92 Å². The number of carboxylic acid groups (broad SMARTS) is 1. The number of aliphatic carboxylic acids is 1. The van der Waals surface area contributed by atoms with E-state index in [9.17, 15) is 4.79 Å². The van der Waals surface area contributed by atoms with Gasteiger partial charge in [0.15, 0.2) is 0 Å². The number of hydrogen-bond donors (Lipinski definition) is 2. The lowest BCUT2D eigenvalue weighted by atomic mass is 9.96. The van der Waals surface area contributed by atoms with E-state index in [1.54, 1.807) is 6.08 Å². The Bertz CT molecular complexity index is 525. The van der Waals surface area contributed by atoms with Gasteiger partial charge < -0.3 is 5.11 Å². The predicted octanol–water partition coefficient (Wildman–Crippen LogP) is 2.55. The molecule has 2 N–H and O–H groups in total. The molecule has 0 bridgehead atoms. The molecular weight excluding hydrogens is 264 g/mol. The highest BCUT2D eigenvalue weighted by molar-refractivity contribution is 5.79. The third-order valence-electron chi connectivity index (χ3n) is 3.87.